The first-order chi connectivity index (χ1) is 7.63. The number of nitrogens with two attached hydrogens (primary N) is 2. The van der Waals surface area contributed by atoms with Gasteiger partial charge in [-0.3, -0.25) is 0 Å². The van der Waals surface area contributed by atoms with Gasteiger partial charge >= 0.3 is 0 Å². The summed E-state index contributed by atoms with van der Waals surface area (Å²) in [6.45, 7) is 2.03. The van der Waals surface area contributed by atoms with Crippen molar-refractivity contribution in [2.45, 2.75) is 6.92 Å². The van der Waals surface area contributed by atoms with Crippen molar-refractivity contribution in [1.82, 2.24) is 9.97 Å². The van der Waals surface area contributed by atoms with E-state index < -0.39 is 0 Å². The molecule has 0 atom stereocenters. The Hall–Kier alpha value is -2.30. The zero-order valence-electron chi connectivity index (χ0n) is 8.94. The van der Waals surface area contributed by atoms with Gasteiger partial charge in [0.15, 0.2) is 0 Å². The van der Waals surface area contributed by atoms with E-state index in [1.807, 2.05) is 31.2 Å². The highest BCUT2D eigenvalue weighted by molar-refractivity contribution is 5.59. The lowest BCUT2D eigenvalue weighted by molar-refractivity contribution is 1.19. The van der Waals surface area contributed by atoms with E-state index in [1.54, 1.807) is 6.07 Å². The predicted octanol–water partition coefficient (Wildman–Crippen LogP) is 1.69. The third-order valence-corrected chi connectivity index (χ3v) is 2.09. The van der Waals surface area contributed by atoms with Gasteiger partial charge in [-0.2, -0.15) is 9.97 Å². The van der Waals surface area contributed by atoms with Crippen LogP contribution in [0.25, 0.3) is 0 Å². The van der Waals surface area contributed by atoms with Crippen LogP contribution in [-0.2, 0) is 0 Å². The molecule has 2 aromatic rings. The van der Waals surface area contributed by atoms with Crippen molar-refractivity contribution in [2.75, 3.05) is 16.8 Å². The van der Waals surface area contributed by atoms with E-state index in [4.69, 9.17) is 11.5 Å². The Morgan fingerprint density at radius 2 is 1.75 bits per heavy atom. The summed E-state index contributed by atoms with van der Waals surface area (Å²) < 4.78 is 0. The van der Waals surface area contributed by atoms with Gasteiger partial charge in [-0.25, -0.2) is 0 Å². The van der Waals surface area contributed by atoms with Crippen LogP contribution in [-0.4, -0.2) is 9.97 Å². The smallest absolute Gasteiger partial charge is 0.223 e. The molecule has 0 amide bonds. The molecule has 5 nitrogen and oxygen atoms in total. The van der Waals surface area contributed by atoms with Crippen LogP contribution in [0.1, 0.15) is 5.56 Å². The Bertz CT molecular complexity index is 472. The molecule has 16 heavy (non-hydrogen) atoms. The largest absolute Gasteiger partial charge is 0.383 e. The van der Waals surface area contributed by atoms with Crippen LogP contribution < -0.4 is 16.8 Å². The third kappa shape index (κ3) is 2.38. The normalized spacial score (nSPS) is 10.1. The van der Waals surface area contributed by atoms with Gasteiger partial charge in [0.05, 0.1) is 0 Å². The molecule has 5 heteroatoms. The highest BCUT2D eigenvalue weighted by Crippen LogP contribution is 2.17. The number of aromatic nitrogens is 2. The summed E-state index contributed by atoms with van der Waals surface area (Å²) in [6, 6.07) is 9.58. The van der Waals surface area contributed by atoms with Crippen molar-refractivity contribution >= 4 is 23.3 Å². The van der Waals surface area contributed by atoms with Crippen LogP contribution in [0, 0.1) is 6.92 Å². The fourth-order valence-electron chi connectivity index (χ4n) is 1.33. The number of hydrogen-bond acceptors (Lipinski definition) is 5. The average molecular weight is 215 g/mol. The van der Waals surface area contributed by atoms with E-state index in [9.17, 15) is 0 Å². The van der Waals surface area contributed by atoms with Gasteiger partial charge in [-0.15, -0.1) is 0 Å². The molecular weight excluding hydrogens is 202 g/mol. The molecule has 0 radical (unpaired) electrons. The lowest BCUT2D eigenvalue weighted by Gasteiger charge is -2.06. The summed E-state index contributed by atoms with van der Waals surface area (Å²) in [5.41, 5.74) is 13.2. The summed E-state index contributed by atoms with van der Waals surface area (Å²) in [5, 5.41) is 3.10. The summed E-state index contributed by atoms with van der Waals surface area (Å²) >= 11 is 0. The fourth-order valence-corrected chi connectivity index (χ4v) is 1.33. The molecule has 0 aliphatic rings. The number of benzene rings is 1. The summed E-state index contributed by atoms with van der Waals surface area (Å²) in [5.74, 6) is 1.10. The standard InChI is InChI=1S/C11H13N5/c1-7-2-4-8(5-3-7)14-10-6-9(12)15-11(13)16-10/h2-6H,1H3,(H5,12,13,14,15,16). The van der Waals surface area contributed by atoms with Crippen LogP contribution in [0.2, 0.25) is 0 Å². The maximum absolute atomic E-state index is 5.57. The zero-order chi connectivity index (χ0) is 11.5. The first kappa shape index (κ1) is 10.2. The van der Waals surface area contributed by atoms with Crippen molar-refractivity contribution in [3.05, 3.63) is 35.9 Å². The Labute approximate surface area is 93.5 Å². The van der Waals surface area contributed by atoms with Crippen molar-refractivity contribution in [3.63, 3.8) is 0 Å². The molecule has 2 rings (SSSR count). The molecule has 0 aliphatic heterocycles. The zero-order valence-corrected chi connectivity index (χ0v) is 8.94. The molecule has 0 saturated carbocycles. The Kier molecular flexibility index (Phi) is 2.59. The molecule has 0 spiro atoms. The summed E-state index contributed by atoms with van der Waals surface area (Å²) in [7, 11) is 0. The van der Waals surface area contributed by atoms with Crippen LogP contribution in [0.5, 0.6) is 0 Å². The minimum Gasteiger partial charge on any atom is -0.383 e. The molecule has 0 saturated heterocycles. The average Bonchev–Trinajstić information content (AvgIpc) is 2.20. The maximum atomic E-state index is 5.57. The first-order valence-electron chi connectivity index (χ1n) is 4.87. The molecule has 0 fully saturated rings. The lowest BCUT2D eigenvalue weighted by atomic mass is 10.2. The second-order valence-electron chi connectivity index (χ2n) is 3.53. The van der Waals surface area contributed by atoms with Gasteiger partial charge in [-0.05, 0) is 19.1 Å². The number of nitrogens with zero attached hydrogens (tertiary/aromatic N) is 2. The van der Waals surface area contributed by atoms with Gasteiger partial charge in [-0.1, -0.05) is 17.7 Å². The highest BCUT2D eigenvalue weighted by Gasteiger charge is 1.99. The van der Waals surface area contributed by atoms with E-state index in [2.05, 4.69) is 15.3 Å². The van der Waals surface area contributed by atoms with Gasteiger partial charge in [0.1, 0.15) is 11.6 Å². The van der Waals surface area contributed by atoms with Gasteiger partial charge in [0.2, 0.25) is 5.95 Å². The Morgan fingerprint density at radius 3 is 2.38 bits per heavy atom. The molecule has 0 aliphatic carbocycles. The van der Waals surface area contributed by atoms with E-state index in [0.29, 0.717) is 11.6 Å². The summed E-state index contributed by atoms with van der Waals surface area (Å²) in [4.78, 5) is 7.82. The van der Waals surface area contributed by atoms with Crippen LogP contribution in [0.4, 0.5) is 23.3 Å². The van der Waals surface area contributed by atoms with Crippen LogP contribution in [0.15, 0.2) is 30.3 Å². The second kappa shape index (κ2) is 4.06. The molecule has 1 aromatic heterocycles. The number of aryl methyl sites for hydroxylation is 1. The van der Waals surface area contributed by atoms with Crippen molar-refractivity contribution in [1.29, 1.82) is 0 Å². The molecule has 5 N–H and O–H groups in total. The SMILES string of the molecule is Cc1ccc(Nc2cc(N)nc(N)n2)cc1. The van der Waals surface area contributed by atoms with Gasteiger partial charge < -0.3 is 16.8 Å². The van der Waals surface area contributed by atoms with E-state index in [1.165, 1.54) is 5.56 Å². The van der Waals surface area contributed by atoms with Crippen LogP contribution >= 0.6 is 0 Å². The molecule has 0 unspecified atom stereocenters. The van der Waals surface area contributed by atoms with E-state index in [-0.39, 0.29) is 5.95 Å². The molecular formula is C11H13N5. The highest BCUT2D eigenvalue weighted by atomic mass is 15.1. The van der Waals surface area contributed by atoms with Crippen molar-refractivity contribution in [2.24, 2.45) is 0 Å². The van der Waals surface area contributed by atoms with Crippen LogP contribution in [0.3, 0.4) is 0 Å². The molecule has 1 aromatic carbocycles. The minimum atomic E-state index is 0.162. The number of rotatable bonds is 2. The second-order valence-corrected chi connectivity index (χ2v) is 3.53. The summed E-state index contributed by atoms with van der Waals surface area (Å²) in [6.07, 6.45) is 0. The number of hydrogen-bond donors (Lipinski definition) is 3. The molecule has 0 bridgehead atoms. The van der Waals surface area contributed by atoms with Crippen molar-refractivity contribution < 1.29 is 0 Å². The van der Waals surface area contributed by atoms with E-state index in [0.717, 1.165) is 5.69 Å². The number of nitrogens with one attached hydrogen (secondary N) is 1. The third-order valence-electron chi connectivity index (χ3n) is 2.09. The molecule has 1 heterocycles. The van der Waals surface area contributed by atoms with E-state index >= 15 is 0 Å². The number of anilines is 4. The number of nitrogen functional groups attached to an aromatic ring is 2. The topological polar surface area (TPSA) is 89.8 Å². The minimum absolute atomic E-state index is 0.162. The predicted molar refractivity (Wildman–Crippen MR) is 65.3 cm³/mol. The maximum Gasteiger partial charge on any atom is 0.223 e. The quantitative estimate of drug-likeness (QED) is 0.709. The lowest BCUT2D eigenvalue weighted by Crippen LogP contribution is -2.02. The monoisotopic (exact) mass is 215 g/mol. The molecule has 82 valence electrons. The van der Waals surface area contributed by atoms with Gasteiger partial charge in [0.25, 0.3) is 0 Å². The fraction of sp³-hybridized carbons (Fsp3) is 0.0909. The van der Waals surface area contributed by atoms with Crippen molar-refractivity contribution in [3.8, 4) is 0 Å². The van der Waals surface area contributed by atoms with Gasteiger partial charge in [0, 0.05) is 11.8 Å². The Balaban J connectivity index is 2.23. The Morgan fingerprint density at radius 1 is 1.06 bits per heavy atom. The first-order valence-corrected chi connectivity index (χ1v) is 4.87.